The van der Waals surface area contributed by atoms with Gasteiger partial charge in [0.05, 0.1) is 5.69 Å². The molecule has 0 spiro atoms. The zero-order valence-electron chi connectivity index (χ0n) is 14.9. The maximum absolute atomic E-state index is 12.6. The summed E-state index contributed by atoms with van der Waals surface area (Å²) in [6.45, 7) is 1.85. The Labute approximate surface area is 158 Å². The van der Waals surface area contributed by atoms with Crippen molar-refractivity contribution in [2.75, 3.05) is 10.3 Å². The fourth-order valence-corrected chi connectivity index (χ4v) is 2.57. The number of hydrogen-bond donors (Lipinski definition) is 4. The lowest BCUT2D eigenvalue weighted by Crippen LogP contribution is -2.37. The number of nitrogens with two attached hydrogens (primary N) is 1. The number of rotatable bonds is 4. The van der Waals surface area contributed by atoms with E-state index in [0.717, 1.165) is 16.6 Å². The van der Waals surface area contributed by atoms with Crippen LogP contribution in [0.1, 0.15) is 26.4 Å². The van der Waals surface area contributed by atoms with Crippen molar-refractivity contribution < 1.29 is 9.59 Å². The minimum Gasteiger partial charge on any atom is -0.321 e. The minimum atomic E-state index is -0.780. The summed E-state index contributed by atoms with van der Waals surface area (Å²) in [5.74, 6) is 4.87. The molecule has 0 fully saturated rings. The summed E-state index contributed by atoms with van der Waals surface area (Å²) in [5.41, 5.74) is 0.501. The maximum atomic E-state index is 12.6. The summed E-state index contributed by atoms with van der Waals surface area (Å²) in [6, 6.07) is 14.3. The summed E-state index contributed by atoms with van der Waals surface area (Å²) in [5, 5.41) is 3.59. The van der Waals surface area contributed by atoms with E-state index >= 15 is 0 Å². The molecule has 3 aromatic rings. The molecule has 0 atom stereocenters. The number of nitrogens with zero attached hydrogens (tertiary/aromatic N) is 1. The average molecular weight is 379 g/mol. The Bertz CT molecular complexity index is 1120. The molecular formula is C19H17N5O4. The van der Waals surface area contributed by atoms with E-state index < -0.39 is 23.1 Å². The van der Waals surface area contributed by atoms with Gasteiger partial charge in [-0.05, 0) is 42.8 Å². The summed E-state index contributed by atoms with van der Waals surface area (Å²) in [7, 11) is 0. The van der Waals surface area contributed by atoms with Gasteiger partial charge >= 0.3 is 5.69 Å². The third kappa shape index (κ3) is 4.05. The quantitative estimate of drug-likeness (QED) is 0.306. The number of H-pyrrole nitrogens is 2. The fraction of sp³-hybridized carbons (Fsp3) is 0.0526. The number of aryl methyl sites for hydroxylation is 1. The van der Waals surface area contributed by atoms with Gasteiger partial charge in [0, 0.05) is 17.3 Å². The van der Waals surface area contributed by atoms with E-state index in [9.17, 15) is 19.2 Å². The first-order valence-electron chi connectivity index (χ1n) is 8.25. The second kappa shape index (κ2) is 7.72. The number of amides is 2. The lowest BCUT2D eigenvalue weighted by Gasteiger charge is -2.19. The smallest absolute Gasteiger partial charge is 0.321 e. The van der Waals surface area contributed by atoms with Gasteiger partial charge in [-0.25, -0.2) is 15.6 Å². The third-order valence-corrected chi connectivity index (χ3v) is 3.99. The van der Waals surface area contributed by atoms with E-state index in [1.54, 1.807) is 12.1 Å². The molecule has 28 heavy (non-hydrogen) atoms. The maximum Gasteiger partial charge on any atom is 0.326 e. The first-order chi connectivity index (χ1) is 13.3. The highest BCUT2D eigenvalue weighted by Crippen LogP contribution is 2.19. The number of hydrazine groups is 1. The number of anilines is 2. The van der Waals surface area contributed by atoms with Gasteiger partial charge in [0.2, 0.25) is 0 Å². The molecule has 0 radical (unpaired) electrons. The number of nitrogens with one attached hydrogen (secondary N) is 3. The van der Waals surface area contributed by atoms with Crippen molar-refractivity contribution in [1.82, 2.24) is 9.97 Å². The predicted octanol–water partition coefficient (Wildman–Crippen LogP) is 1.14. The molecule has 0 unspecified atom stereocenters. The van der Waals surface area contributed by atoms with Crippen molar-refractivity contribution in [2.45, 2.75) is 6.92 Å². The molecule has 0 aliphatic heterocycles. The minimum absolute atomic E-state index is 0.179. The topological polar surface area (TPSA) is 141 Å². The Balaban J connectivity index is 1.75. The Hall–Kier alpha value is -3.98. The highest BCUT2D eigenvalue weighted by molar-refractivity contribution is 6.06. The lowest BCUT2D eigenvalue weighted by molar-refractivity contribution is 0.0985. The van der Waals surface area contributed by atoms with Crippen LogP contribution in [0.2, 0.25) is 0 Å². The summed E-state index contributed by atoms with van der Waals surface area (Å²) < 4.78 is 0. The second-order valence-electron chi connectivity index (χ2n) is 5.99. The zero-order chi connectivity index (χ0) is 20.3. The van der Waals surface area contributed by atoms with Crippen LogP contribution in [-0.2, 0) is 0 Å². The standard InChI is InChI=1S/C19H17N5O4/c1-11-4-2-3-5-15(11)24(20)18(27)12-6-8-13(9-7-12)21-17(26)14-10-16(25)23-19(28)22-14/h2-10H,20H2,1H3,(H,21,26)(H2,22,23,25,28). The Morgan fingerprint density at radius 2 is 1.68 bits per heavy atom. The number of para-hydroxylation sites is 1. The van der Waals surface area contributed by atoms with E-state index in [4.69, 9.17) is 5.84 Å². The van der Waals surface area contributed by atoms with E-state index in [1.807, 2.05) is 24.0 Å². The number of hydrogen-bond acceptors (Lipinski definition) is 5. The lowest BCUT2D eigenvalue weighted by atomic mass is 10.1. The molecule has 2 amide bonds. The summed E-state index contributed by atoms with van der Waals surface area (Å²) in [6.07, 6.45) is 0. The van der Waals surface area contributed by atoms with Crippen LogP contribution in [-0.4, -0.2) is 21.8 Å². The summed E-state index contributed by atoms with van der Waals surface area (Å²) in [4.78, 5) is 51.4. The van der Waals surface area contributed by atoms with Gasteiger partial charge in [0.25, 0.3) is 17.4 Å². The molecule has 1 aromatic heterocycles. The van der Waals surface area contributed by atoms with Crippen LogP contribution < -0.4 is 27.4 Å². The molecule has 0 aliphatic carbocycles. The van der Waals surface area contributed by atoms with Gasteiger partial charge in [0.15, 0.2) is 0 Å². The van der Waals surface area contributed by atoms with Crippen LogP contribution in [0.5, 0.6) is 0 Å². The van der Waals surface area contributed by atoms with Crippen molar-refractivity contribution >= 4 is 23.2 Å². The van der Waals surface area contributed by atoms with Gasteiger partial charge in [-0.3, -0.25) is 19.4 Å². The highest BCUT2D eigenvalue weighted by atomic mass is 16.2. The molecule has 0 bridgehead atoms. The van der Waals surface area contributed by atoms with Gasteiger partial charge in [-0.2, -0.15) is 0 Å². The molecule has 9 heteroatoms. The molecule has 0 saturated heterocycles. The third-order valence-electron chi connectivity index (χ3n) is 3.99. The monoisotopic (exact) mass is 379 g/mol. The average Bonchev–Trinajstić information content (AvgIpc) is 2.67. The van der Waals surface area contributed by atoms with Crippen LogP contribution in [0.15, 0.2) is 64.2 Å². The number of aromatic nitrogens is 2. The Morgan fingerprint density at radius 1 is 1.00 bits per heavy atom. The van der Waals surface area contributed by atoms with Crippen LogP contribution in [0.25, 0.3) is 0 Å². The van der Waals surface area contributed by atoms with E-state index in [0.29, 0.717) is 16.9 Å². The molecule has 9 nitrogen and oxygen atoms in total. The van der Waals surface area contributed by atoms with E-state index in [2.05, 4.69) is 10.3 Å². The van der Waals surface area contributed by atoms with Gasteiger partial charge in [-0.15, -0.1) is 0 Å². The number of carbonyl (C=O) groups excluding carboxylic acids is 2. The second-order valence-corrected chi connectivity index (χ2v) is 5.99. The van der Waals surface area contributed by atoms with Gasteiger partial charge in [0.1, 0.15) is 5.69 Å². The molecule has 3 rings (SSSR count). The largest absolute Gasteiger partial charge is 0.326 e. The molecule has 0 saturated carbocycles. The normalized spacial score (nSPS) is 10.4. The predicted molar refractivity (Wildman–Crippen MR) is 104 cm³/mol. The summed E-state index contributed by atoms with van der Waals surface area (Å²) >= 11 is 0. The molecule has 142 valence electrons. The van der Waals surface area contributed by atoms with Crippen LogP contribution >= 0.6 is 0 Å². The van der Waals surface area contributed by atoms with Gasteiger partial charge in [-0.1, -0.05) is 18.2 Å². The van der Waals surface area contributed by atoms with Crippen molar-refractivity contribution in [2.24, 2.45) is 5.84 Å². The van der Waals surface area contributed by atoms with Crippen molar-refractivity contribution in [3.63, 3.8) is 0 Å². The Morgan fingerprint density at radius 3 is 2.32 bits per heavy atom. The van der Waals surface area contributed by atoms with Crippen LogP contribution in [0, 0.1) is 6.92 Å². The van der Waals surface area contributed by atoms with Crippen molar-refractivity contribution in [1.29, 1.82) is 0 Å². The SMILES string of the molecule is Cc1ccccc1N(N)C(=O)c1ccc(NC(=O)c2cc(=O)[nH]c(=O)[nH]2)cc1. The first-order valence-corrected chi connectivity index (χ1v) is 8.25. The molecule has 1 heterocycles. The number of aromatic amines is 2. The van der Waals surface area contributed by atoms with Crippen molar-refractivity contribution in [3.05, 3.63) is 92.3 Å². The highest BCUT2D eigenvalue weighted by Gasteiger charge is 2.16. The Kier molecular flexibility index (Phi) is 5.18. The van der Waals surface area contributed by atoms with E-state index in [1.165, 1.54) is 24.3 Å². The molecule has 2 aromatic carbocycles. The zero-order valence-corrected chi connectivity index (χ0v) is 14.9. The molecule has 0 aliphatic rings. The van der Waals surface area contributed by atoms with Crippen LogP contribution in [0.3, 0.4) is 0 Å². The molecule has 5 N–H and O–H groups in total. The number of benzene rings is 2. The van der Waals surface area contributed by atoms with E-state index in [-0.39, 0.29) is 5.69 Å². The van der Waals surface area contributed by atoms with Crippen LogP contribution in [0.4, 0.5) is 11.4 Å². The fourth-order valence-electron chi connectivity index (χ4n) is 2.57. The van der Waals surface area contributed by atoms with Gasteiger partial charge < -0.3 is 10.3 Å². The molecular weight excluding hydrogens is 362 g/mol. The number of carbonyl (C=O) groups is 2. The first kappa shape index (κ1) is 18.8. The van der Waals surface area contributed by atoms with Crippen molar-refractivity contribution in [3.8, 4) is 0 Å².